The van der Waals surface area contributed by atoms with Gasteiger partial charge < -0.3 is 19.7 Å². The summed E-state index contributed by atoms with van der Waals surface area (Å²) in [4.78, 5) is 26.8. The third-order valence-electron chi connectivity index (χ3n) is 4.29. The zero-order valence-corrected chi connectivity index (χ0v) is 17.1. The van der Waals surface area contributed by atoms with Crippen molar-refractivity contribution in [3.05, 3.63) is 59.9 Å². The summed E-state index contributed by atoms with van der Waals surface area (Å²) in [6, 6.07) is 11.9. The van der Waals surface area contributed by atoms with E-state index in [4.69, 9.17) is 9.47 Å². The Labute approximate surface area is 170 Å². The van der Waals surface area contributed by atoms with Crippen LogP contribution in [0.2, 0.25) is 0 Å². The number of carbonyl (C=O) groups is 2. The first-order valence-electron chi connectivity index (χ1n) is 9.41. The van der Waals surface area contributed by atoms with Crippen LogP contribution in [0.4, 0.5) is 4.39 Å². The highest BCUT2D eigenvalue weighted by Crippen LogP contribution is 2.18. The van der Waals surface area contributed by atoms with Crippen molar-refractivity contribution < 1.29 is 23.5 Å². The minimum absolute atomic E-state index is 0.0525. The van der Waals surface area contributed by atoms with Crippen LogP contribution in [-0.4, -0.2) is 42.5 Å². The molecule has 0 saturated heterocycles. The standard InChI is InChI=1S/C22H27FN2O4/c1-15(2)24-22(27)16(3)25(13-17-5-7-18(23)8-6-17)21(26)14-29-20-11-9-19(28-4)10-12-20/h5-12,15-16H,13-14H2,1-4H3,(H,24,27)/t16-/m0/s1. The number of nitrogens with zero attached hydrogens (tertiary/aromatic N) is 1. The molecule has 1 atom stereocenters. The van der Waals surface area contributed by atoms with Crippen molar-refractivity contribution in [2.45, 2.75) is 39.4 Å². The molecule has 156 valence electrons. The summed E-state index contributed by atoms with van der Waals surface area (Å²) in [6.45, 7) is 5.30. The molecule has 2 amide bonds. The Morgan fingerprint density at radius 2 is 1.59 bits per heavy atom. The van der Waals surface area contributed by atoms with Crippen molar-refractivity contribution in [3.8, 4) is 11.5 Å². The van der Waals surface area contributed by atoms with E-state index in [1.54, 1.807) is 50.4 Å². The van der Waals surface area contributed by atoms with Gasteiger partial charge >= 0.3 is 0 Å². The fourth-order valence-corrected chi connectivity index (χ4v) is 2.67. The van der Waals surface area contributed by atoms with Gasteiger partial charge in [-0.3, -0.25) is 9.59 Å². The summed E-state index contributed by atoms with van der Waals surface area (Å²) in [6.07, 6.45) is 0. The van der Waals surface area contributed by atoms with Crippen LogP contribution in [0, 0.1) is 5.82 Å². The van der Waals surface area contributed by atoms with Crippen molar-refractivity contribution in [1.82, 2.24) is 10.2 Å². The van der Waals surface area contributed by atoms with Crippen molar-refractivity contribution in [1.29, 1.82) is 0 Å². The molecule has 7 heteroatoms. The van der Waals surface area contributed by atoms with E-state index >= 15 is 0 Å². The summed E-state index contributed by atoms with van der Waals surface area (Å²) in [5, 5.41) is 2.81. The third kappa shape index (κ3) is 6.78. The Balaban J connectivity index is 2.11. The van der Waals surface area contributed by atoms with Gasteiger partial charge in [0.15, 0.2) is 6.61 Å². The maximum Gasteiger partial charge on any atom is 0.261 e. The molecule has 0 bridgehead atoms. The molecular formula is C22H27FN2O4. The van der Waals surface area contributed by atoms with E-state index < -0.39 is 6.04 Å². The fraction of sp³-hybridized carbons (Fsp3) is 0.364. The average Bonchev–Trinajstić information content (AvgIpc) is 2.71. The van der Waals surface area contributed by atoms with Gasteiger partial charge in [-0.2, -0.15) is 0 Å². The van der Waals surface area contributed by atoms with Crippen molar-refractivity contribution >= 4 is 11.8 Å². The van der Waals surface area contributed by atoms with Crippen LogP contribution in [0.25, 0.3) is 0 Å². The molecule has 1 N–H and O–H groups in total. The van der Waals surface area contributed by atoms with Gasteiger partial charge in [-0.1, -0.05) is 12.1 Å². The van der Waals surface area contributed by atoms with Crippen LogP contribution < -0.4 is 14.8 Å². The Kier molecular flexibility index (Phi) is 8.00. The minimum atomic E-state index is -0.713. The molecule has 0 unspecified atom stereocenters. The van der Waals surface area contributed by atoms with Crippen LogP contribution in [0.15, 0.2) is 48.5 Å². The number of halogens is 1. The van der Waals surface area contributed by atoms with Gasteiger partial charge in [-0.25, -0.2) is 4.39 Å². The van der Waals surface area contributed by atoms with Gasteiger partial charge in [0.25, 0.3) is 5.91 Å². The SMILES string of the molecule is COc1ccc(OCC(=O)N(Cc2ccc(F)cc2)[C@@H](C)C(=O)NC(C)C)cc1. The second kappa shape index (κ2) is 10.5. The average molecular weight is 402 g/mol. The van der Waals surface area contributed by atoms with Gasteiger partial charge in [0.05, 0.1) is 7.11 Å². The van der Waals surface area contributed by atoms with Crippen LogP contribution >= 0.6 is 0 Å². The molecule has 2 aromatic rings. The molecule has 0 radical (unpaired) electrons. The van der Waals surface area contributed by atoms with Crippen molar-refractivity contribution in [2.75, 3.05) is 13.7 Å². The van der Waals surface area contributed by atoms with Gasteiger partial charge in [0.2, 0.25) is 5.91 Å². The summed E-state index contributed by atoms with van der Waals surface area (Å²) < 4.78 is 23.9. The Morgan fingerprint density at radius 1 is 1.00 bits per heavy atom. The van der Waals surface area contributed by atoms with Gasteiger partial charge in [-0.05, 0) is 62.7 Å². The maximum atomic E-state index is 13.2. The van der Waals surface area contributed by atoms with E-state index in [1.165, 1.54) is 17.0 Å². The number of nitrogens with one attached hydrogen (secondary N) is 1. The number of methoxy groups -OCH3 is 1. The second-order valence-corrected chi connectivity index (χ2v) is 6.95. The van der Waals surface area contributed by atoms with Gasteiger partial charge in [-0.15, -0.1) is 0 Å². The first kappa shape index (κ1) is 22.2. The summed E-state index contributed by atoms with van der Waals surface area (Å²) in [5.74, 6) is 0.220. The normalized spacial score (nSPS) is 11.7. The van der Waals surface area contributed by atoms with Gasteiger partial charge in [0.1, 0.15) is 23.4 Å². The molecule has 0 aliphatic heterocycles. The van der Waals surface area contributed by atoms with Gasteiger partial charge in [0, 0.05) is 12.6 Å². The summed E-state index contributed by atoms with van der Waals surface area (Å²) >= 11 is 0. The molecule has 0 aliphatic rings. The number of ether oxygens (including phenoxy) is 2. The predicted octanol–water partition coefficient (Wildman–Crippen LogP) is 3.16. The zero-order chi connectivity index (χ0) is 21.4. The summed E-state index contributed by atoms with van der Waals surface area (Å²) in [7, 11) is 1.57. The van der Waals surface area contributed by atoms with E-state index in [0.717, 1.165) is 0 Å². The second-order valence-electron chi connectivity index (χ2n) is 6.95. The molecule has 29 heavy (non-hydrogen) atoms. The highest BCUT2D eigenvalue weighted by Gasteiger charge is 2.26. The number of amides is 2. The largest absolute Gasteiger partial charge is 0.497 e. The van der Waals surface area contributed by atoms with E-state index in [2.05, 4.69) is 5.32 Å². The first-order valence-corrected chi connectivity index (χ1v) is 9.41. The molecular weight excluding hydrogens is 375 g/mol. The smallest absolute Gasteiger partial charge is 0.261 e. The Bertz CT molecular complexity index is 807. The topological polar surface area (TPSA) is 67.9 Å². The molecule has 0 spiro atoms. The molecule has 0 aliphatic carbocycles. The van der Waals surface area contributed by atoms with Crippen LogP contribution in [-0.2, 0) is 16.1 Å². The molecule has 0 heterocycles. The monoisotopic (exact) mass is 402 g/mol. The molecule has 0 aromatic heterocycles. The van der Waals surface area contributed by atoms with Crippen LogP contribution in [0.5, 0.6) is 11.5 Å². The molecule has 2 aromatic carbocycles. The molecule has 0 saturated carbocycles. The quantitative estimate of drug-likeness (QED) is 0.700. The third-order valence-corrected chi connectivity index (χ3v) is 4.29. The minimum Gasteiger partial charge on any atom is -0.497 e. The number of rotatable bonds is 9. The predicted molar refractivity (Wildman–Crippen MR) is 108 cm³/mol. The number of benzene rings is 2. The zero-order valence-electron chi connectivity index (χ0n) is 17.1. The van der Waals surface area contributed by atoms with E-state index in [9.17, 15) is 14.0 Å². The lowest BCUT2D eigenvalue weighted by Gasteiger charge is -2.29. The van der Waals surface area contributed by atoms with Crippen LogP contribution in [0.3, 0.4) is 0 Å². The number of hydrogen-bond donors (Lipinski definition) is 1. The molecule has 6 nitrogen and oxygen atoms in total. The number of hydrogen-bond acceptors (Lipinski definition) is 4. The molecule has 2 rings (SSSR count). The van der Waals surface area contributed by atoms with Crippen LogP contribution in [0.1, 0.15) is 26.3 Å². The highest BCUT2D eigenvalue weighted by molar-refractivity contribution is 5.88. The lowest BCUT2D eigenvalue weighted by molar-refractivity contribution is -0.142. The lowest BCUT2D eigenvalue weighted by Crippen LogP contribution is -2.50. The highest BCUT2D eigenvalue weighted by atomic mass is 19.1. The Morgan fingerprint density at radius 3 is 2.14 bits per heavy atom. The lowest BCUT2D eigenvalue weighted by atomic mass is 10.1. The van der Waals surface area contributed by atoms with Crippen molar-refractivity contribution in [3.63, 3.8) is 0 Å². The van der Waals surface area contributed by atoms with E-state index in [-0.39, 0.29) is 36.8 Å². The Hall–Kier alpha value is -3.09. The fourth-order valence-electron chi connectivity index (χ4n) is 2.67. The molecule has 0 fully saturated rings. The maximum absolute atomic E-state index is 13.2. The van der Waals surface area contributed by atoms with E-state index in [1.807, 2.05) is 13.8 Å². The number of carbonyl (C=O) groups excluding carboxylic acids is 2. The summed E-state index contributed by atoms with van der Waals surface area (Å²) in [5.41, 5.74) is 0.716. The van der Waals surface area contributed by atoms with Crippen molar-refractivity contribution in [2.24, 2.45) is 0 Å². The van der Waals surface area contributed by atoms with E-state index in [0.29, 0.717) is 17.1 Å². The first-order chi connectivity index (χ1) is 13.8.